The van der Waals surface area contributed by atoms with Crippen LogP contribution in [0.1, 0.15) is 23.7 Å². The number of carbonyl (C=O) groups excluding carboxylic acids is 2. The molecule has 0 spiro atoms. The Bertz CT molecular complexity index is 654. The van der Waals surface area contributed by atoms with Gasteiger partial charge < -0.3 is 9.80 Å². The van der Waals surface area contributed by atoms with Crippen molar-refractivity contribution < 1.29 is 14.0 Å². The average Bonchev–Trinajstić information content (AvgIpc) is 2.86. The van der Waals surface area contributed by atoms with Crippen molar-refractivity contribution in [2.24, 2.45) is 5.92 Å². The summed E-state index contributed by atoms with van der Waals surface area (Å²) in [6.45, 7) is 2.31. The lowest BCUT2D eigenvalue weighted by Crippen LogP contribution is -2.43. The van der Waals surface area contributed by atoms with Crippen molar-refractivity contribution in [1.29, 1.82) is 5.26 Å². The van der Waals surface area contributed by atoms with E-state index >= 15 is 0 Å². The third-order valence-electron chi connectivity index (χ3n) is 3.81. The second-order valence-corrected chi connectivity index (χ2v) is 6.29. The van der Waals surface area contributed by atoms with Crippen molar-refractivity contribution in [2.45, 2.75) is 19.4 Å². The number of rotatable bonds is 3. The van der Waals surface area contributed by atoms with Crippen LogP contribution in [-0.4, -0.2) is 47.8 Å². The quantitative estimate of drug-likeness (QED) is 0.850. The second kappa shape index (κ2) is 6.97. The first kappa shape index (κ1) is 17.2. The molecule has 1 aromatic rings. The average molecular weight is 338 g/mol. The first-order chi connectivity index (χ1) is 10.8. The Balaban J connectivity index is 2.06. The Labute approximate surface area is 139 Å². The molecule has 2 unspecified atom stereocenters. The number of carbonyl (C=O) groups is 2. The molecular weight excluding hydrogens is 321 g/mol. The number of nitrogens with zero attached hydrogens (tertiary/aromatic N) is 3. The number of benzene rings is 1. The predicted molar refractivity (Wildman–Crippen MR) is 83.3 cm³/mol. The molecule has 2 atom stereocenters. The van der Waals surface area contributed by atoms with Crippen molar-refractivity contribution in [2.75, 3.05) is 20.1 Å². The zero-order chi connectivity index (χ0) is 17.1. The molecule has 122 valence electrons. The summed E-state index contributed by atoms with van der Waals surface area (Å²) in [5, 5.41) is 9.22. The maximum Gasteiger partial charge on any atom is 0.254 e. The Hall–Kier alpha value is -2.13. The SMILES string of the molecule is CC1CC(C#N)N(C(=O)CN(C)C(=O)c2cc(F)cc(Cl)c2)C1. The predicted octanol–water partition coefficient (Wildman–Crippen LogP) is 2.31. The zero-order valence-electron chi connectivity index (χ0n) is 12.9. The number of hydrogen-bond acceptors (Lipinski definition) is 3. The van der Waals surface area contributed by atoms with Gasteiger partial charge in [0, 0.05) is 24.2 Å². The van der Waals surface area contributed by atoms with Crippen molar-refractivity contribution in [1.82, 2.24) is 9.80 Å². The molecule has 2 rings (SSSR count). The van der Waals surface area contributed by atoms with Gasteiger partial charge in [-0.2, -0.15) is 5.26 Å². The number of likely N-dealkylation sites (N-methyl/N-ethyl adjacent to an activating group) is 1. The van der Waals surface area contributed by atoms with Gasteiger partial charge in [-0.3, -0.25) is 9.59 Å². The lowest BCUT2D eigenvalue weighted by atomic mass is 10.1. The molecule has 1 fully saturated rings. The molecule has 1 aliphatic rings. The van der Waals surface area contributed by atoms with Gasteiger partial charge in [-0.15, -0.1) is 0 Å². The number of amides is 2. The Morgan fingerprint density at radius 1 is 1.48 bits per heavy atom. The maximum absolute atomic E-state index is 13.3. The van der Waals surface area contributed by atoms with Crippen LogP contribution in [0, 0.1) is 23.1 Å². The highest BCUT2D eigenvalue weighted by molar-refractivity contribution is 6.31. The summed E-state index contributed by atoms with van der Waals surface area (Å²) in [5.74, 6) is -1.15. The normalized spacial score (nSPS) is 20.2. The Morgan fingerprint density at radius 3 is 2.78 bits per heavy atom. The van der Waals surface area contributed by atoms with Gasteiger partial charge in [-0.1, -0.05) is 18.5 Å². The van der Waals surface area contributed by atoms with E-state index in [1.807, 2.05) is 6.92 Å². The molecule has 0 saturated carbocycles. The van der Waals surface area contributed by atoms with Crippen molar-refractivity contribution in [3.05, 3.63) is 34.6 Å². The van der Waals surface area contributed by atoms with Crippen LogP contribution in [0.3, 0.4) is 0 Å². The van der Waals surface area contributed by atoms with Crippen LogP contribution in [0.2, 0.25) is 5.02 Å². The number of likely N-dealkylation sites (tertiary alicyclic amines) is 1. The highest BCUT2D eigenvalue weighted by Gasteiger charge is 2.33. The summed E-state index contributed by atoms with van der Waals surface area (Å²) in [6, 6.07) is 5.18. The fraction of sp³-hybridized carbons (Fsp3) is 0.438. The van der Waals surface area contributed by atoms with Crippen LogP contribution >= 0.6 is 11.6 Å². The highest BCUT2D eigenvalue weighted by Crippen LogP contribution is 2.22. The minimum atomic E-state index is -0.613. The van der Waals surface area contributed by atoms with E-state index in [-0.39, 0.29) is 29.0 Å². The molecule has 0 aliphatic carbocycles. The Morgan fingerprint density at radius 2 is 2.17 bits per heavy atom. The molecule has 1 aromatic carbocycles. The van der Waals surface area contributed by atoms with E-state index in [1.165, 1.54) is 22.9 Å². The lowest BCUT2D eigenvalue weighted by molar-refractivity contribution is -0.131. The van der Waals surface area contributed by atoms with E-state index in [0.717, 1.165) is 12.1 Å². The van der Waals surface area contributed by atoms with E-state index in [9.17, 15) is 14.0 Å². The van der Waals surface area contributed by atoms with E-state index in [1.54, 1.807) is 0 Å². The highest BCUT2D eigenvalue weighted by atomic mass is 35.5. The minimum Gasteiger partial charge on any atom is -0.332 e. The molecule has 5 nitrogen and oxygen atoms in total. The van der Waals surface area contributed by atoms with Crippen LogP contribution in [-0.2, 0) is 4.79 Å². The molecule has 1 aliphatic heterocycles. The molecule has 23 heavy (non-hydrogen) atoms. The third kappa shape index (κ3) is 3.99. The van der Waals surface area contributed by atoms with Gasteiger partial charge in [0.2, 0.25) is 5.91 Å². The maximum atomic E-state index is 13.3. The fourth-order valence-electron chi connectivity index (χ4n) is 2.71. The number of halogens is 2. The van der Waals surface area contributed by atoms with Gasteiger partial charge >= 0.3 is 0 Å². The van der Waals surface area contributed by atoms with Gasteiger partial charge in [-0.05, 0) is 30.5 Å². The van der Waals surface area contributed by atoms with E-state index in [2.05, 4.69) is 6.07 Å². The second-order valence-electron chi connectivity index (χ2n) is 5.85. The summed E-state index contributed by atoms with van der Waals surface area (Å²) in [7, 11) is 1.46. The van der Waals surface area contributed by atoms with Crippen molar-refractivity contribution in [3.8, 4) is 6.07 Å². The monoisotopic (exact) mass is 337 g/mol. The van der Waals surface area contributed by atoms with E-state index < -0.39 is 17.8 Å². The molecule has 2 amide bonds. The van der Waals surface area contributed by atoms with Gasteiger partial charge in [0.1, 0.15) is 11.9 Å². The molecule has 0 aromatic heterocycles. The molecule has 1 saturated heterocycles. The molecule has 0 bridgehead atoms. The molecule has 7 heteroatoms. The van der Waals surface area contributed by atoms with E-state index in [4.69, 9.17) is 16.9 Å². The van der Waals surface area contributed by atoms with Gasteiger partial charge in [0.25, 0.3) is 5.91 Å². The molecule has 1 heterocycles. The van der Waals surface area contributed by atoms with Gasteiger partial charge in [0.15, 0.2) is 0 Å². The molecule has 0 radical (unpaired) electrons. The van der Waals surface area contributed by atoms with Crippen LogP contribution in [0.25, 0.3) is 0 Å². The minimum absolute atomic E-state index is 0.0805. The fourth-order valence-corrected chi connectivity index (χ4v) is 2.93. The Kier molecular flexibility index (Phi) is 5.22. The van der Waals surface area contributed by atoms with Gasteiger partial charge in [0.05, 0.1) is 12.6 Å². The first-order valence-electron chi connectivity index (χ1n) is 7.22. The van der Waals surface area contributed by atoms with Crippen LogP contribution in [0.4, 0.5) is 4.39 Å². The van der Waals surface area contributed by atoms with Crippen LogP contribution in [0.15, 0.2) is 18.2 Å². The standard InChI is InChI=1S/C16H17ClFN3O2/c1-10-3-14(7-19)21(8-10)15(22)9-20(2)16(23)11-4-12(17)6-13(18)5-11/h4-6,10,14H,3,8-9H2,1-2H3. The van der Waals surface area contributed by atoms with Gasteiger partial charge in [-0.25, -0.2) is 4.39 Å². The summed E-state index contributed by atoms with van der Waals surface area (Å²) < 4.78 is 13.3. The van der Waals surface area contributed by atoms with Crippen LogP contribution < -0.4 is 0 Å². The lowest BCUT2D eigenvalue weighted by Gasteiger charge is -2.24. The van der Waals surface area contributed by atoms with Crippen molar-refractivity contribution >= 4 is 23.4 Å². The summed E-state index contributed by atoms with van der Waals surface area (Å²) in [6.07, 6.45) is 0.638. The number of hydrogen-bond donors (Lipinski definition) is 0. The number of nitriles is 1. The zero-order valence-corrected chi connectivity index (χ0v) is 13.7. The third-order valence-corrected chi connectivity index (χ3v) is 4.03. The summed E-state index contributed by atoms with van der Waals surface area (Å²) in [5.41, 5.74) is 0.0805. The van der Waals surface area contributed by atoms with Crippen molar-refractivity contribution in [3.63, 3.8) is 0 Å². The summed E-state index contributed by atoms with van der Waals surface area (Å²) >= 11 is 5.74. The molecular formula is C16H17ClFN3O2. The summed E-state index contributed by atoms with van der Waals surface area (Å²) in [4.78, 5) is 27.3. The largest absolute Gasteiger partial charge is 0.332 e. The topological polar surface area (TPSA) is 64.4 Å². The first-order valence-corrected chi connectivity index (χ1v) is 7.60. The van der Waals surface area contributed by atoms with E-state index in [0.29, 0.717) is 13.0 Å². The van der Waals surface area contributed by atoms with Crippen LogP contribution in [0.5, 0.6) is 0 Å². The smallest absolute Gasteiger partial charge is 0.254 e. The molecule has 0 N–H and O–H groups in total.